The highest BCUT2D eigenvalue weighted by molar-refractivity contribution is 5.95. The van der Waals surface area contributed by atoms with E-state index in [1.807, 2.05) is 18.7 Å². The molecule has 0 bridgehead atoms. The molecule has 0 aliphatic carbocycles. The molecule has 0 radical (unpaired) electrons. The molecule has 2 fully saturated rings. The third kappa shape index (κ3) is 4.30. The molecule has 5 nitrogen and oxygen atoms in total. The molecule has 29 heavy (non-hydrogen) atoms. The number of nitrogens with one attached hydrogen (secondary N) is 1. The Kier molecular flexibility index (Phi) is 5.59. The molecule has 1 N–H and O–H groups in total. The van der Waals surface area contributed by atoms with E-state index in [0.29, 0.717) is 11.3 Å². The highest BCUT2D eigenvalue weighted by Gasteiger charge is 2.41. The zero-order valence-electron chi connectivity index (χ0n) is 17.5. The van der Waals surface area contributed by atoms with Crippen molar-refractivity contribution in [2.75, 3.05) is 26.2 Å². The molecule has 1 spiro atoms. The van der Waals surface area contributed by atoms with Gasteiger partial charge in [0.1, 0.15) is 5.56 Å². The number of nitrogens with zero attached hydrogens (tertiary/aromatic N) is 2. The van der Waals surface area contributed by atoms with E-state index >= 15 is 0 Å². The van der Waals surface area contributed by atoms with Crippen LogP contribution in [0.4, 0.5) is 0 Å². The lowest BCUT2D eigenvalue weighted by molar-refractivity contribution is 0.0112. The van der Waals surface area contributed by atoms with E-state index in [1.165, 1.54) is 18.1 Å². The zero-order valence-corrected chi connectivity index (χ0v) is 17.5. The summed E-state index contributed by atoms with van der Waals surface area (Å²) in [5, 5.41) is 0. The lowest BCUT2D eigenvalue weighted by Gasteiger charge is -2.48. The number of aryl methyl sites for hydroxylation is 2. The third-order valence-corrected chi connectivity index (χ3v) is 6.51. The number of aromatic amines is 1. The van der Waals surface area contributed by atoms with Crippen molar-refractivity contribution in [3.8, 4) is 0 Å². The van der Waals surface area contributed by atoms with Gasteiger partial charge < -0.3 is 9.88 Å². The summed E-state index contributed by atoms with van der Waals surface area (Å²) in [6.07, 6.45) is 4.49. The number of carbonyl (C=O) groups is 1. The molecule has 1 aromatic carbocycles. The molecular formula is C24H31N3O2. The van der Waals surface area contributed by atoms with Crippen molar-refractivity contribution in [1.29, 1.82) is 0 Å². The Labute approximate surface area is 172 Å². The second-order valence-corrected chi connectivity index (χ2v) is 8.95. The molecule has 2 saturated heterocycles. The number of amides is 1. The average Bonchev–Trinajstić information content (AvgIpc) is 2.68. The topological polar surface area (TPSA) is 56.4 Å². The van der Waals surface area contributed by atoms with Crippen LogP contribution in [0.5, 0.6) is 0 Å². The van der Waals surface area contributed by atoms with Crippen molar-refractivity contribution >= 4 is 5.91 Å². The number of aromatic nitrogens is 1. The van der Waals surface area contributed by atoms with E-state index in [2.05, 4.69) is 40.2 Å². The molecule has 0 saturated carbocycles. The minimum Gasteiger partial charge on any atom is -0.362 e. The van der Waals surface area contributed by atoms with Crippen molar-refractivity contribution in [1.82, 2.24) is 14.8 Å². The molecule has 1 amide bonds. The van der Waals surface area contributed by atoms with Gasteiger partial charge in [-0.05, 0) is 51.6 Å². The fraction of sp³-hybridized carbons (Fsp3) is 0.500. The average molecular weight is 394 g/mol. The monoisotopic (exact) mass is 393 g/mol. The third-order valence-electron chi connectivity index (χ3n) is 6.51. The van der Waals surface area contributed by atoms with Crippen molar-refractivity contribution in [3.63, 3.8) is 0 Å². The van der Waals surface area contributed by atoms with Gasteiger partial charge in [0.05, 0.1) is 0 Å². The Morgan fingerprint density at radius 1 is 1.07 bits per heavy atom. The fourth-order valence-corrected chi connectivity index (χ4v) is 5.27. The Bertz CT molecular complexity index is 933. The number of pyridine rings is 1. The number of rotatable bonds is 3. The summed E-state index contributed by atoms with van der Waals surface area (Å²) in [7, 11) is 0. The molecule has 1 atom stereocenters. The molecular weight excluding hydrogens is 362 g/mol. The van der Waals surface area contributed by atoms with Crippen LogP contribution in [0.2, 0.25) is 0 Å². The van der Waals surface area contributed by atoms with Crippen LogP contribution in [-0.2, 0) is 6.54 Å². The number of benzene rings is 1. The van der Waals surface area contributed by atoms with E-state index in [0.717, 1.165) is 57.7 Å². The van der Waals surface area contributed by atoms with Gasteiger partial charge in [-0.2, -0.15) is 0 Å². The van der Waals surface area contributed by atoms with Crippen LogP contribution >= 0.6 is 0 Å². The van der Waals surface area contributed by atoms with Gasteiger partial charge in [-0.25, -0.2) is 0 Å². The maximum Gasteiger partial charge on any atom is 0.259 e. The quantitative estimate of drug-likeness (QED) is 0.868. The number of carbonyl (C=O) groups excluding carboxylic acids is 1. The molecule has 154 valence electrons. The maximum absolute atomic E-state index is 13.2. The van der Waals surface area contributed by atoms with E-state index in [9.17, 15) is 9.59 Å². The summed E-state index contributed by atoms with van der Waals surface area (Å²) >= 11 is 0. The van der Waals surface area contributed by atoms with Crippen LogP contribution < -0.4 is 5.43 Å². The smallest absolute Gasteiger partial charge is 0.259 e. The van der Waals surface area contributed by atoms with Crippen LogP contribution in [0.3, 0.4) is 0 Å². The Balaban J connectivity index is 1.50. The Morgan fingerprint density at radius 2 is 1.79 bits per heavy atom. The molecule has 3 heterocycles. The highest BCUT2D eigenvalue weighted by atomic mass is 16.2. The van der Waals surface area contributed by atoms with E-state index in [-0.39, 0.29) is 16.8 Å². The summed E-state index contributed by atoms with van der Waals surface area (Å²) in [5.74, 6) is -0.108. The highest BCUT2D eigenvalue weighted by Crippen LogP contribution is 2.39. The van der Waals surface area contributed by atoms with Crippen LogP contribution in [0.1, 0.15) is 53.0 Å². The number of likely N-dealkylation sites (tertiary alicyclic amines) is 2. The van der Waals surface area contributed by atoms with Gasteiger partial charge >= 0.3 is 0 Å². The first-order valence-corrected chi connectivity index (χ1v) is 10.7. The summed E-state index contributed by atoms with van der Waals surface area (Å²) in [6, 6.07) is 12.1. The summed E-state index contributed by atoms with van der Waals surface area (Å²) in [4.78, 5) is 33.4. The van der Waals surface area contributed by atoms with Crippen molar-refractivity contribution in [2.24, 2.45) is 5.41 Å². The van der Waals surface area contributed by atoms with E-state index in [1.54, 1.807) is 0 Å². The lowest BCUT2D eigenvalue weighted by atomic mass is 9.73. The first kappa shape index (κ1) is 19.9. The van der Waals surface area contributed by atoms with Gasteiger partial charge in [-0.3, -0.25) is 14.5 Å². The van der Waals surface area contributed by atoms with Gasteiger partial charge in [-0.15, -0.1) is 0 Å². The fourth-order valence-electron chi connectivity index (χ4n) is 5.27. The van der Waals surface area contributed by atoms with Gasteiger partial charge in [0, 0.05) is 49.0 Å². The molecule has 5 heteroatoms. The lowest BCUT2D eigenvalue weighted by Crippen LogP contribution is -2.54. The first-order chi connectivity index (χ1) is 14.0. The normalized spacial score (nSPS) is 22.8. The molecule has 2 aromatic rings. The Hall–Kier alpha value is -2.40. The van der Waals surface area contributed by atoms with Crippen molar-refractivity contribution < 1.29 is 4.79 Å². The van der Waals surface area contributed by atoms with Gasteiger partial charge in [0.25, 0.3) is 5.91 Å². The first-order valence-electron chi connectivity index (χ1n) is 10.7. The molecule has 2 aliphatic heterocycles. The number of hydrogen-bond acceptors (Lipinski definition) is 3. The Morgan fingerprint density at radius 3 is 2.52 bits per heavy atom. The molecule has 1 aromatic heterocycles. The molecule has 4 rings (SSSR count). The standard InChI is InChI=1S/C24H31N3O2/c1-18-14-21(28)22(19(2)25-18)23(29)27-13-7-11-24(17-27)10-6-12-26(16-24)15-20-8-4-3-5-9-20/h3-5,8-9,14H,6-7,10-13,15-17H2,1-2H3,(H,25,28). The maximum atomic E-state index is 13.2. The van der Waals surface area contributed by atoms with Crippen LogP contribution in [0.25, 0.3) is 0 Å². The number of piperidine rings is 2. The number of hydrogen-bond donors (Lipinski definition) is 1. The molecule has 1 unspecified atom stereocenters. The predicted octanol–water partition coefficient (Wildman–Crippen LogP) is 3.51. The minimum atomic E-state index is -0.169. The summed E-state index contributed by atoms with van der Waals surface area (Å²) < 4.78 is 0. The van der Waals surface area contributed by atoms with Crippen LogP contribution in [-0.4, -0.2) is 46.9 Å². The van der Waals surface area contributed by atoms with Crippen LogP contribution in [0.15, 0.2) is 41.2 Å². The summed E-state index contributed by atoms with van der Waals surface area (Å²) in [6.45, 7) is 8.27. The molecule has 2 aliphatic rings. The van der Waals surface area contributed by atoms with Gasteiger partial charge in [0.2, 0.25) is 0 Å². The largest absolute Gasteiger partial charge is 0.362 e. The SMILES string of the molecule is Cc1cc(=O)c(C(=O)N2CCCC3(CCCN(Cc4ccccc4)C3)C2)c(C)[nH]1. The van der Waals surface area contributed by atoms with Crippen molar-refractivity contribution in [3.05, 3.63) is 69.1 Å². The van der Waals surface area contributed by atoms with Crippen molar-refractivity contribution in [2.45, 2.75) is 46.1 Å². The predicted molar refractivity (Wildman–Crippen MR) is 115 cm³/mol. The zero-order chi connectivity index (χ0) is 20.4. The van der Waals surface area contributed by atoms with E-state index < -0.39 is 0 Å². The summed E-state index contributed by atoms with van der Waals surface area (Å²) in [5.41, 5.74) is 3.10. The second-order valence-electron chi connectivity index (χ2n) is 8.95. The van der Waals surface area contributed by atoms with Crippen LogP contribution in [0, 0.1) is 19.3 Å². The van der Waals surface area contributed by atoms with Gasteiger partial charge in [-0.1, -0.05) is 30.3 Å². The number of H-pyrrole nitrogens is 1. The van der Waals surface area contributed by atoms with Gasteiger partial charge in [0.15, 0.2) is 5.43 Å². The second kappa shape index (κ2) is 8.15. The minimum absolute atomic E-state index is 0.108. The van der Waals surface area contributed by atoms with E-state index in [4.69, 9.17) is 0 Å².